The summed E-state index contributed by atoms with van der Waals surface area (Å²) in [5.41, 5.74) is 2.57. The third-order valence-electron chi connectivity index (χ3n) is 2.40. The Labute approximate surface area is 86.3 Å². The second-order valence-electron chi connectivity index (χ2n) is 3.43. The summed E-state index contributed by atoms with van der Waals surface area (Å²) in [5.74, 6) is 5.71. The highest BCUT2D eigenvalue weighted by atomic mass is 32.2. The number of benzene rings is 1. The minimum atomic E-state index is 0.104. The van der Waals surface area contributed by atoms with Crippen LogP contribution >= 0.6 is 11.8 Å². The van der Waals surface area contributed by atoms with Gasteiger partial charge in [-0.25, -0.2) is 5.84 Å². The summed E-state index contributed by atoms with van der Waals surface area (Å²) in [7, 11) is 0. The van der Waals surface area contributed by atoms with Crippen LogP contribution in [0.1, 0.15) is 5.56 Å². The second-order valence-corrected chi connectivity index (χ2v) is 4.53. The van der Waals surface area contributed by atoms with E-state index in [1.54, 1.807) is 18.1 Å². The van der Waals surface area contributed by atoms with E-state index in [4.69, 9.17) is 5.84 Å². The predicted molar refractivity (Wildman–Crippen MR) is 57.8 cm³/mol. The molecule has 1 aromatic rings. The van der Waals surface area contributed by atoms with Gasteiger partial charge in [0, 0.05) is 4.90 Å². The van der Waals surface area contributed by atoms with Crippen molar-refractivity contribution in [2.24, 2.45) is 10.9 Å². The van der Waals surface area contributed by atoms with Crippen LogP contribution in [0, 0.1) is 6.92 Å². The van der Waals surface area contributed by atoms with E-state index >= 15 is 0 Å². The zero-order valence-corrected chi connectivity index (χ0v) is 8.53. The zero-order chi connectivity index (χ0) is 9.71. The lowest BCUT2D eigenvalue weighted by atomic mass is 10.2. The van der Waals surface area contributed by atoms with Crippen LogP contribution < -0.4 is 10.7 Å². The first-order valence-electron chi connectivity index (χ1n) is 4.39. The molecule has 0 spiro atoms. The third-order valence-corrected chi connectivity index (χ3v) is 3.65. The summed E-state index contributed by atoms with van der Waals surface area (Å²) < 4.78 is 0. The molecule has 2 aliphatic heterocycles. The molecule has 0 amide bonds. The molecule has 2 heterocycles. The number of hydrazone groups is 1. The number of aryl methyl sites for hydroxylation is 1. The van der Waals surface area contributed by atoms with Crippen LogP contribution in [-0.2, 0) is 0 Å². The van der Waals surface area contributed by atoms with Gasteiger partial charge in [0.15, 0.2) is 5.50 Å². The normalized spacial score (nSPS) is 22.9. The Morgan fingerprint density at radius 3 is 3.21 bits per heavy atom. The molecule has 0 fully saturated rings. The smallest absolute Gasteiger partial charge is 0.191 e. The second kappa shape index (κ2) is 2.65. The predicted octanol–water partition coefficient (Wildman–Crippen LogP) is 1.32. The Bertz CT molecular complexity index is 417. The number of hydrazine groups is 1. The molecular weight excluding hydrogens is 196 g/mol. The molecule has 0 aliphatic carbocycles. The van der Waals surface area contributed by atoms with E-state index in [1.165, 1.54) is 21.3 Å². The van der Waals surface area contributed by atoms with Crippen molar-refractivity contribution in [1.82, 2.24) is 5.12 Å². The van der Waals surface area contributed by atoms with E-state index in [0.29, 0.717) is 0 Å². The van der Waals surface area contributed by atoms with Gasteiger partial charge in [-0.3, -0.25) is 4.90 Å². The molecule has 72 valence electrons. The molecule has 1 unspecified atom stereocenters. The lowest BCUT2D eigenvalue weighted by molar-refractivity contribution is 0.309. The van der Waals surface area contributed by atoms with Crippen molar-refractivity contribution in [3.8, 4) is 0 Å². The van der Waals surface area contributed by atoms with Gasteiger partial charge in [-0.05, 0) is 24.6 Å². The first-order valence-corrected chi connectivity index (χ1v) is 5.27. The van der Waals surface area contributed by atoms with Crippen molar-refractivity contribution < 1.29 is 0 Å². The van der Waals surface area contributed by atoms with Crippen molar-refractivity contribution >= 4 is 23.8 Å². The van der Waals surface area contributed by atoms with Crippen molar-refractivity contribution in [2.45, 2.75) is 17.3 Å². The van der Waals surface area contributed by atoms with Crippen molar-refractivity contribution in [3.63, 3.8) is 0 Å². The van der Waals surface area contributed by atoms with Gasteiger partial charge in [-0.15, -0.1) is 5.10 Å². The Morgan fingerprint density at radius 1 is 1.50 bits per heavy atom. The number of anilines is 1. The maximum atomic E-state index is 5.71. The molecule has 0 saturated heterocycles. The molecule has 0 radical (unpaired) electrons. The highest BCUT2D eigenvalue weighted by Crippen LogP contribution is 2.45. The van der Waals surface area contributed by atoms with Gasteiger partial charge in [-0.2, -0.15) is 5.12 Å². The first kappa shape index (κ1) is 8.14. The fourth-order valence-electron chi connectivity index (χ4n) is 1.69. The lowest BCUT2D eigenvalue weighted by Gasteiger charge is -2.18. The van der Waals surface area contributed by atoms with E-state index in [2.05, 4.69) is 35.1 Å². The molecule has 2 aliphatic rings. The summed E-state index contributed by atoms with van der Waals surface area (Å²) in [6, 6.07) is 6.41. The summed E-state index contributed by atoms with van der Waals surface area (Å²) >= 11 is 1.73. The van der Waals surface area contributed by atoms with Gasteiger partial charge in [0.05, 0.1) is 5.69 Å². The number of rotatable bonds is 0. The zero-order valence-electron chi connectivity index (χ0n) is 7.71. The number of nitrogens with zero attached hydrogens (tertiary/aromatic N) is 3. The van der Waals surface area contributed by atoms with E-state index < -0.39 is 0 Å². The Hall–Kier alpha value is -1.20. The lowest BCUT2D eigenvalue weighted by Crippen LogP contribution is -2.37. The molecule has 3 rings (SSSR count). The van der Waals surface area contributed by atoms with E-state index in [9.17, 15) is 0 Å². The number of hydrogen-bond acceptors (Lipinski definition) is 5. The van der Waals surface area contributed by atoms with Crippen LogP contribution in [0.5, 0.6) is 0 Å². The fraction of sp³-hybridized carbons (Fsp3) is 0.222. The minimum absolute atomic E-state index is 0.104. The van der Waals surface area contributed by atoms with Gasteiger partial charge < -0.3 is 0 Å². The number of thioether (sulfide) groups is 1. The maximum absolute atomic E-state index is 5.71. The largest absolute Gasteiger partial charge is 0.297 e. The third kappa shape index (κ3) is 0.964. The van der Waals surface area contributed by atoms with Crippen molar-refractivity contribution in [2.75, 3.05) is 4.90 Å². The van der Waals surface area contributed by atoms with Crippen molar-refractivity contribution in [3.05, 3.63) is 23.8 Å². The Balaban J connectivity index is 2.10. The van der Waals surface area contributed by atoms with Crippen LogP contribution in [0.25, 0.3) is 0 Å². The Kier molecular flexibility index (Phi) is 1.54. The molecule has 1 aromatic carbocycles. The van der Waals surface area contributed by atoms with Crippen LogP contribution in [0.2, 0.25) is 0 Å². The molecule has 4 nitrogen and oxygen atoms in total. The van der Waals surface area contributed by atoms with E-state index in [-0.39, 0.29) is 5.50 Å². The average Bonchev–Trinajstić information content (AvgIpc) is 2.67. The fourth-order valence-corrected chi connectivity index (χ4v) is 2.79. The van der Waals surface area contributed by atoms with Gasteiger partial charge in [-0.1, -0.05) is 17.8 Å². The summed E-state index contributed by atoms with van der Waals surface area (Å²) in [6.45, 7) is 2.09. The molecule has 2 N–H and O–H groups in total. The molecule has 14 heavy (non-hydrogen) atoms. The maximum Gasteiger partial charge on any atom is 0.191 e. The molecule has 0 aromatic heterocycles. The van der Waals surface area contributed by atoms with Gasteiger partial charge >= 0.3 is 0 Å². The van der Waals surface area contributed by atoms with Gasteiger partial charge in [0.2, 0.25) is 0 Å². The summed E-state index contributed by atoms with van der Waals surface area (Å²) in [4.78, 5) is 3.36. The highest BCUT2D eigenvalue weighted by molar-refractivity contribution is 8.00. The molecule has 0 bridgehead atoms. The monoisotopic (exact) mass is 206 g/mol. The van der Waals surface area contributed by atoms with Gasteiger partial charge in [0.1, 0.15) is 6.34 Å². The quantitative estimate of drug-likeness (QED) is 0.650. The topological polar surface area (TPSA) is 44.9 Å². The number of nitrogens with two attached hydrogens (primary N) is 1. The first-order chi connectivity index (χ1) is 6.75. The van der Waals surface area contributed by atoms with E-state index in [0.717, 1.165) is 0 Å². The van der Waals surface area contributed by atoms with E-state index in [1.807, 2.05) is 0 Å². The molecule has 0 saturated carbocycles. The van der Waals surface area contributed by atoms with Crippen LogP contribution in [0.4, 0.5) is 5.69 Å². The van der Waals surface area contributed by atoms with Crippen LogP contribution in [-0.4, -0.2) is 17.0 Å². The van der Waals surface area contributed by atoms with Crippen LogP contribution in [0.3, 0.4) is 0 Å². The van der Waals surface area contributed by atoms with Crippen molar-refractivity contribution in [1.29, 1.82) is 0 Å². The molecule has 1 atom stereocenters. The average molecular weight is 206 g/mol. The number of fused-ring (bicyclic) bond motifs is 3. The van der Waals surface area contributed by atoms with Gasteiger partial charge in [0.25, 0.3) is 0 Å². The molecular formula is C9H10N4S. The van der Waals surface area contributed by atoms with Crippen LogP contribution in [0.15, 0.2) is 28.2 Å². The Morgan fingerprint density at radius 2 is 2.36 bits per heavy atom. The summed E-state index contributed by atoms with van der Waals surface area (Å²) in [5, 5.41) is 5.53. The standard InChI is InChI=1S/C9H10N4S/c1-6-2-3-8-7(4-6)12-5-11-13(10)9(12)14-8/h2-5,9H,10H2,1H3. The number of hydrogen-bond donors (Lipinski definition) is 1. The highest BCUT2D eigenvalue weighted by Gasteiger charge is 2.35. The summed E-state index contributed by atoms with van der Waals surface area (Å²) in [6.07, 6.45) is 1.78. The SMILES string of the molecule is Cc1ccc2c(c1)N1C=NN(N)C1S2. The minimum Gasteiger partial charge on any atom is -0.297 e. The molecule has 5 heteroatoms.